The van der Waals surface area contributed by atoms with Crippen LogP contribution in [0.1, 0.15) is 0 Å². The average Bonchev–Trinajstić information content (AvgIpc) is 2.21. The third-order valence-electron chi connectivity index (χ3n) is 1.88. The summed E-state index contributed by atoms with van der Waals surface area (Å²) < 4.78 is 0. The first-order valence-corrected chi connectivity index (χ1v) is 4.07. The van der Waals surface area contributed by atoms with E-state index in [0.717, 1.165) is 0 Å². The van der Waals surface area contributed by atoms with Crippen LogP contribution in [0.3, 0.4) is 0 Å². The Balaban J connectivity index is 0. The van der Waals surface area contributed by atoms with E-state index in [1.54, 1.807) is 0 Å². The first-order chi connectivity index (χ1) is 5.97. The number of benzene rings is 2. The molecule has 0 spiro atoms. The van der Waals surface area contributed by atoms with Gasteiger partial charge in [-0.1, -0.05) is 60.7 Å². The van der Waals surface area contributed by atoms with Crippen molar-refractivity contribution in [3.63, 3.8) is 0 Å². The fourth-order valence-electron chi connectivity index (χ4n) is 1.26. The Morgan fingerprint density at radius 1 is 0.467 bits per heavy atom. The van der Waals surface area contributed by atoms with Gasteiger partial charge in [-0.05, 0) is 11.1 Å². The SMILES string of the molecule is Br.Br.[GeH4].c1ccc(-c2ccccc2)cc1. The Morgan fingerprint density at radius 2 is 0.733 bits per heavy atom. The average molecular weight is 393 g/mol. The smallest absolute Gasteiger partial charge is 0.0184 e. The van der Waals surface area contributed by atoms with E-state index in [2.05, 4.69) is 48.5 Å². The largest absolute Gasteiger partial charge is 0.0622 e. The predicted molar refractivity (Wildman–Crippen MR) is 83.9 cm³/mol. The van der Waals surface area contributed by atoms with Gasteiger partial charge in [-0.15, -0.1) is 34.0 Å². The van der Waals surface area contributed by atoms with E-state index >= 15 is 0 Å². The van der Waals surface area contributed by atoms with Crippen LogP contribution in [-0.2, 0) is 0 Å². The Hall–Kier alpha value is -0.0571. The van der Waals surface area contributed by atoms with E-state index in [0.29, 0.717) is 0 Å². The summed E-state index contributed by atoms with van der Waals surface area (Å²) in [6.45, 7) is 0. The molecule has 82 valence electrons. The van der Waals surface area contributed by atoms with Crippen LogP contribution in [-0.4, -0.2) is 17.6 Å². The first kappa shape index (κ1) is 17.3. The molecule has 0 saturated heterocycles. The van der Waals surface area contributed by atoms with Gasteiger partial charge < -0.3 is 0 Å². The van der Waals surface area contributed by atoms with Crippen molar-refractivity contribution in [3.8, 4) is 11.1 Å². The molecule has 0 aliphatic carbocycles. The minimum absolute atomic E-state index is 0. The molecule has 0 aliphatic rings. The minimum Gasteiger partial charge on any atom is -0.0622 e. The van der Waals surface area contributed by atoms with Gasteiger partial charge in [0.25, 0.3) is 0 Å². The molecule has 0 amide bonds. The second-order valence-electron chi connectivity index (χ2n) is 2.73. The van der Waals surface area contributed by atoms with Crippen LogP contribution in [0.5, 0.6) is 0 Å². The molecular formula is C12H16Br2Ge. The number of rotatable bonds is 1. The molecule has 2 rings (SSSR count). The summed E-state index contributed by atoms with van der Waals surface area (Å²) in [5.74, 6) is 0. The van der Waals surface area contributed by atoms with Crippen LogP contribution in [0.4, 0.5) is 0 Å². The quantitative estimate of drug-likeness (QED) is 0.655. The van der Waals surface area contributed by atoms with Crippen LogP contribution in [0.25, 0.3) is 11.1 Å². The van der Waals surface area contributed by atoms with Crippen molar-refractivity contribution in [2.75, 3.05) is 0 Å². The number of hydrogen-bond acceptors (Lipinski definition) is 0. The molecule has 3 heteroatoms. The normalized spacial score (nSPS) is 7.73. The van der Waals surface area contributed by atoms with Crippen molar-refractivity contribution in [1.82, 2.24) is 0 Å². The molecule has 2 aromatic carbocycles. The van der Waals surface area contributed by atoms with E-state index in [1.165, 1.54) is 11.1 Å². The Kier molecular flexibility index (Phi) is 10.6. The number of hydrogen-bond donors (Lipinski definition) is 0. The fourth-order valence-corrected chi connectivity index (χ4v) is 1.26. The summed E-state index contributed by atoms with van der Waals surface area (Å²) in [4.78, 5) is 0. The van der Waals surface area contributed by atoms with E-state index in [4.69, 9.17) is 0 Å². The molecule has 15 heavy (non-hydrogen) atoms. The van der Waals surface area contributed by atoms with Crippen LogP contribution >= 0.6 is 34.0 Å². The third-order valence-corrected chi connectivity index (χ3v) is 1.88. The monoisotopic (exact) mass is 392 g/mol. The second kappa shape index (κ2) is 9.19. The molecule has 0 N–H and O–H groups in total. The second-order valence-corrected chi connectivity index (χ2v) is 2.73. The molecule has 0 aliphatic heterocycles. The van der Waals surface area contributed by atoms with Gasteiger partial charge in [0.05, 0.1) is 0 Å². The summed E-state index contributed by atoms with van der Waals surface area (Å²) >= 11 is 0. The maximum absolute atomic E-state index is 2.12. The molecule has 0 nitrogen and oxygen atoms in total. The molecule has 0 saturated carbocycles. The van der Waals surface area contributed by atoms with E-state index in [9.17, 15) is 0 Å². The van der Waals surface area contributed by atoms with Gasteiger partial charge in [-0.25, -0.2) is 0 Å². The van der Waals surface area contributed by atoms with E-state index in [1.807, 2.05) is 12.1 Å². The van der Waals surface area contributed by atoms with Gasteiger partial charge in [0.15, 0.2) is 0 Å². The van der Waals surface area contributed by atoms with E-state index < -0.39 is 0 Å². The summed E-state index contributed by atoms with van der Waals surface area (Å²) in [6.07, 6.45) is 0. The van der Waals surface area contributed by atoms with Gasteiger partial charge in [0, 0.05) is 0 Å². The molecule has 0 unspecified atom stereocenters. The minimum atomic E-state index is 0. The summed E-state index contributed by atoms with van der Waals surface area (Å²) in [6, 6.07) is 20.8. The Morgan fingerprint density at radius 3 is 1.00 bits per heavy atom. The predicted octanol–water partition coefficient (Wildman–Crippen LogP) is 3.06. The third kappa shape index (κ3) is 5.00. The van der Waals surface area contributed by atoms with Crippen molar-refractivity contribution in [2.45, 2.75) is 0 Å². The van der Waals surface area contributed by atoms with Crippen LogP contribution in [0, 0.1) is 0 Å². The molecule has 0 bridgehead atoms. The topological polar surface area (TPSA) is 0 Å². The van der Waals surface area contributed by atoms with Crippen LogP contribution < -0.4 is 0 Å². The van der Waals surface area contributed by atoms with Crippen LogP contribution in [0.2, 0.25) is 0 Å². The molecule has 0 radical (unpaired) electrons. The van der Waals surface area contributed by atoms with E-state index in [-0.39, 0.29) is 51.6 Å². The Bertz CT molecular complexity index is 311. The van der Waals surface area contributed by atoms with Crippen LogP contribution in [0.15, 0.2) is 60.7 Å². The zero-order valence-electron chi connectivity index (χ0n) is 7.59. The van der Waals surface area contributed by atoms with Gasteiger partial charge in [0.1, 0.15) is 0 Å². The van der Waals surface area contributed by atoms with Crippen molar-refractivity contribution in [1.29, 1.82) is 0 Å². The molecule has 2 aromatic rings. The maximum atomic E-state index is 2.12. The summed E-state index contributed by atoms with van der Waals surface area (Å²) in [5.41, 5.74) is 2.55. The zero-order chi connectivity index (χ0) is 8.23. The number of halogens is 2. The van der Waals surface area contributed by atoms with Gasteiger partial charge in [-0.3, -0.25) is 0 Å². The molecule has 0 heterocycles. The van der Waals surface area contributed by atoms with Crippen molar-refractivity contribution < 1.29 is 0 Å². The fraction of sp³-hybridized carbons (Fsp3) is 0. The molecular weight excluding hydrogens is 377 g/mol. The van der Waals surface area contributed by atoms with Crippen molar-refractivity contribution >= 4 is 51.6 Å². The van der Waals surface area contributed by atoms with Gasteiger partial charge >= 0.3 is 17.6 Å². The molecule has 0 atom stereocenters. The summed E-state index contributed by atoms with van der Waals surface area (Å²) in [5, 5.41) is 0. The maximum Gasteiger partial charge on any atom is -0.0184 e. The standard InChI is InChI=1S/C12H10.2BrH.GeH4/c1-3-7-11(8-4-1)12-9-5-2-6-10-12;;;/h1-10H;2*1H;1H4. The molecule has 0 fully saturated rings. The van der Waals surface area contributed by atoms with Gasteiger partial charge in [-0.2, -0.15) is 0 Å². The molecule has 0 aromatic heterocycles. The van der Waals surface area contributed by atoms with Crippen molar-refractivity contribution in [3.05, 3.63) is 60.7 Å². The Labute approximate surface area is 123 Å². The zero-order valence-corrected chi connectivity index (χ0v) is 11.0. The summed E-state index contributed by atoms with van der Waals surface area (Å²) in [7, 11) is 0. The van der Waals surface area contributed by atoms with Crippen molar-refractivity contribution in [2.24, 2.45) is 0 Å². The van der Waals surface area contributed by atoms with Gasteiger partial charge in [0.2, 0.25) is 0 Å². The first-order valence-electron chi connectivity index (χ1n) is 4.07.